The maximum absolute atomic E-state index is 12.4. The van der Waals surface area contributed by atoms with Gasteiger partial charge in [0.15, 0.2) is 0 Å². The average Bonchev–Trinajstić information content (AvgIpc) is 2.71. The molecule has 2 amide bonds. The summed E-state index contributed by atoms with van der Waals surface area (Å²) in [4.78, 5) is 39.0. The summed E-state index contributed by atoms with van der Waals surface area (Å²) in [6.45, 7) is 5.65. The van der Waals surface area contributed by atoms with Crippen LogP contribution in [0, 0.1) is 13.8 Å². The van der Waals surface area contributed by atoms with Gasteiger partial charge in [-0.25, -0.2) is 4.79 Å². The van der Waals surface area contributed by atoms with E-state index in [4.69, 9.17) is 5.11 Å². The number of nitrogens with one attached hydrogen (secondary N) is 2. The van der Waals surface area contributed by atoms with Crippen molar-refractivity contribution in [3.63, 3.8) is 0 Å². The molecule has 0 bridgehead atoms. The van der Waals surface area contributed by atoms with Crippen LogP contribution >= 0.6 is 0 Å². The van der Waals surface area contributed by atoms with Crippen molar-refractivity contribution in [1.29, 1.82) is 0 Å². The molecule has 0 spiro atoms. The molecule has 1 aromatic heterocycles. The Morgan fingerprint density at radius 1 is 1.29 bits per heavy atom. The number of nitrogens with zero attached hydrogens (tertiary/aromatic N) is 1. The Hall–Kier alpha value is -2.31. The van der Waals surface area contributed by atoms with Crippen LogP contribution in [0.5, 0.6) is 0 Å². The van der Waals surface area contributed by atoms with Gasteiger partial charge in [0.2, 0.25) is 5.91 Å². The Morgan fingerprint density at radius 3 is 2.38 bits per heavy atom. The molecule has 1 aromatic rings. The third-order valence-electron chi connectivity index (χ3n) is 3.16. The van der Waals surface area contributed by atoms with Crippen LogP contribution < -0.4 is 5.32 Å². The first kappa shape index (κ1) is 16.7. The van der Waals surface area contributed by atoms with E-state index in [0.717, 1.165) is 6.42 Å². The van der Waals surface area contributed by atoms with Gasteiger partial charge in [-0.2, -0.15) is 0 Å². The van der Waals surface area contributed by atoms with Crippen LogP contribution in [0.4, 0.5) is 0 Å². The van der Waals surface area contributed by atoms with Gasteiger partial charge >= 0.3 is 5.97 Å². The van der Waals surface area contributed by atoms with E-state index < -0.39 is 5.97 Å². The summed E-state index contributed by atoms with van der Waals surface area (Å²) in [6, 6.07) is 0. The van der Waals surface area contributed by atoms with Crippen LogP contribution in [0.2, 0.25) is 0 Å². The molecule has 7 heteroatoms. The van der Waals surface area contributed by atoms with Crippen molar-refractivity contribution in [2.24, 2.45) is 0 Å². The summed E-state index contributed by atoms with van der Waals surface area (Å²) >= 11 is 0. The van der Waals surface area contributed by atoms with Crippen LogP contribution in [-0.2, 0) is 4.79 Å². The van der Waals surface area contributed by atoms with E-state index in [0.29, 0.717) is 23.4 Å². The number of rotatable bonds is 6. The number of aromatic carboxylic acids is 1. The molecule has 0 fully saturated rings. The number of aromatic amines is 1. The number of hydrogen-bond acceptors (Lipinski definition) is 3. The van der Waals surface area contributed by atoms with Gasteiger partial charge in [0.1, 0.15) is 5.69 Å². The molecule has 21 heavy (non-hydrogen) atoms. The lowest BCUT2D eigenvalue weighted by molar-refractivity contribution is -0.121. The molecule has 3 N–H and O–H groups in total. The number of carboxylic acids is 1. The number of aromatic nitrogens is 1. The van der Waals surface area contributed by atoms with Crippen LogP contribution in [0.15, 0.2) is 0 Å². The van der Waals surface area contributed by atoms with E-state index >= 15 is 0 Å². The molecule has 0 aliphatic rings. The molecular formula is C14H21N3O4. The summed E-state index contributed by atoms with van der Waals surface area (Å²) in [6.07, 6.45) is 0.821. The second-order valence-electron chi connectivity index (χ2n) is 4.94. The second-order valence-corrected chi connectivity index (χ2v) is 4.94. The van der Waals surface area contributed by atoms with E-state index in [1.165, 1.54) is 11.9 Å². The van der Waals surface area contributed by atoms with Crippen LogP contribution in [0.25, 0.3) is 0 Å². The number of amides is 2. The SMILES string of the molecule is CCCNC(=O)CN(C)C(=O)c1c(C)[nH]c(C(=O)O)c1C. The Kier molecular flexibility index (Phi) is 5.52. The largest absolute Gasteiger partial charge is 0.477 e. The summed E-state index contributed by atoms with van der Waals surface area (Å²) in [5, 5.41) is 11.7. The predicted octanol–water partition coefficient (Wildman–Crippen LogP) is 0.928. The van der Waals surface area contributed by atoms with E-state index in [1.807, 2.05) is 6.92 Å². The smallest absolute Gasteiger partial charge is 0.352 e. The molecule has 0 radical (unpaired) electrons. The third kappa shape index (κ3) is 3.84. The Balaban J connectivity index is 2.88. The first-order valence-corrected chi connectivity index (χ1v) is 6.74. The summed E-state index contributed by atoms with van der Waals surface area (Å²) < 4.78 is 0. The highest BCUT2D eigenvalue weighted by Crippen LogP contribution is 2.19. The lowest BCUT2D eigenvalue weighted by Crippen LogP contribution is -2.38. The minimum atomic E-state index is -1.11. The van der Waals surface area contributed by atoms with Gasteiger partial charge < -0.3 is 20.3 Å². The topological polar surface area (TPSA) is 103 Å². The molecule has 0 aliphatic carbocycles. The molecule has 0 saturated carbocycles. The maximum Gasteiger partial charge on any atom is 0.352 e. The number of likely N-dealkylation sites (N-methyl/N-ethyl adjacent to an activating group) is 1. The van der Waals surface area contributed by atoms with Gasteiger partial charge in [0, 0.05) is 19.3 Å². The van der Waals surface area contributed by atoms with Crippen molar-refractivity contribution >= 4 is 17.8 Å². The standard InChI is InChI=1S/C14H21N3O4/c1-5-6-15-10(18)7-17(4)13(19)11-8(2)12(14(20)21)16-9(11)3/h16H,5-7H2,1-4H3,(H,15,18)(H,20,21). The zero-order valence-corrected chi connectivity index (χ0v) is 12.7. The maximum atomic E-state index is 12.4. The van der Waals surface area contributed by atoms with E-state index in [2.05, 4.69) is 10.3 Å². The lowest BCUT2D eigenvalue weighted by atomic mass is 10.1. The number of H-pyrrole nitrogens is 1. The Morgan fingerprint density at radius 2 is 1.90 bits per heavy atom. The van der Waals surface area contributed by atoms with Gasteiger partial charge in [-0.1, -0.05) is 6.92 Å². The zero-order chi connectivity index (χ0) is 16.2. The monoisotopic (exact) mass is 295 g/mol. The van der Waals surface area contributed by atoms with Crippen molar-refractivity contribution in [3.05, 3.63) is 22.5 Å². The van der Waals surface area contributed by atoms with Gasteiger partial charge in [0.05, 0.1) is 12.1 Å². The van der Waals surface area contributed by atoms with Crippen LogP contribution in [0.3, 0.4) is 0 Å². The summed E-state index contributed by atoms with van der Waals surface area (Å²) in [7, 11) is 1.51. The molecule has 116 valence electrons. The number of hydrogen-bond donors (Lipinski definition) is 3. The van der Waals surface area contributed by atoms with E-state index in [1.54, 1.807) is 13.8 Å². The first-order valence-electron chi connectivity index (χ1n) is 6.74. The first-order chi connectivity index (χ1) is 9.79. The Labute approximate surface area is 123 Å². The van der Waals surface area contributed by atoms with Crippen LogP contribution in [0.1, 0.15) is 45.4 Å². The molecule has 0 aromatic carbocycles. The normalized spacial score (nSPS) is 10.3. The molecule has 0 atom stereocenters. The van der Waals surface area contributed by atoms with Gasteiger partial charge in [-0.15, -0.1) is 0 Å². The third-order valence-corrected chi connectivity index (χ3v) is 3.16. The van der Waals surface area contributed by atoms with E-state index in [-0.39, 0.29) is 24.1 Å². The fraction of sp³-hybridized carbons (Fsp3) is 0.500. The van der Waals surface area contributed by atoms with Gasteiger partial charge in [-0.05, 0) is 25.8 Å². The number of carboxylic acid groups (broad SMARTS) is 1. The highest BCUT2D eigenvalue weighted by atomic mass is 16.4. The average molecular weight is 295 g/mol. The van der Waals surface area contributed by atoms with Crippen molar-refractivity contribution < 1.29 is 19.5 Å². The highest BCUT2D eigenvalue weighted by Gasteiger charge is 2.24. The fourth-order valence-electron chi connectivity index (χ4n) is 2.08. The highest BCUT2D eigenvalue weighted by molar-refractivity contribution is 6.01. The molecule has 1 heterocycles. The molecular weight excluding hydrogens is 274 g/mol. The van der Waals surface area contributed by atoms with Crippen molar-refractivity contribution in [2.75, 3.05) is 20.1 Å². The minimum Gasteiger partial charge on any atom is -0.477 e. The summed E-state index contributed by atoms with van der Waals surface area (Å²) in [5.41, 5.74) is 1.17. The fourth-order valence-corrected chi connectivity index (χ4v) is 2.08. The molecule has 0 unspecified atom stereocenters. The number of carbonyl (C=O) groups is 3. The minimum absolute atomic E-state index is 0.000292. The predicted molar refractivity (Wildman–Crippen MR) is 77.5 cm³/mol. The molecule has 7 nitrogen and oxygen atoms in total. The number of carbonyl (C=O) groups excluding carboxylic acids is 2. The molecule has 0 saturated heterocycles. The van der Waals surface area contributed by atoms with Crippen molar-refractivity contribution in [2.45, 2.75) is 27.2 Å². The second kappa shape index (κ2) is 6.92. The number of aryl methyl sites for hydroxylation is 1. The summed E-state index contributed by atoms with van der Waals surface area (Å²) in [5.74, 6) is -1.73. The van der Waals surface area contributed by atoms with Crippen molar-refractivity contribution in [1.82, 2.24) is 15.2 Å². The Bertz CT molecular complexity index is 563. The lowest BCUT2D eigenvalue weighted by Gasteiger charge is -2.17. The van der Waals surface area contributed by atoms with Crippen LogP contribution in [-0.4, -0.2) is 52.9 Å². The quantitative estimate of drug-likeness (QED) is 0.726. The van der Waals surface area contributed by atoms with Gasteiger partial charge in [-0.3, -0.25) is 9.59 Å². The molecule has 1 rings (SSSR count). The zero-order valence-electron chi connectivity index (χ0n) is 12.7. The van der Waals surface area contributed by atoms with Crippen molar-refractivity contribution in [3.8, 4) is 0 Å². The molecule has 0 aliphatic heterocycles. The van der Waals surface area contributed by atoms with E-state index in [9.17, 15) is 14.4 Å². The van der Waals surface area contributed by atoms with Gasteiger partial charge in [0.25, 0.3) is 5.91 Å².